The largest absolute Gasteiger partial charge is 0.496 e. The molecular weight excluding hydrogens is 482 g/mol. The molecule has 1 N–H and O–H groups in total. The Bertz CT molecular complexity index is 959. The standard InChI is InChI=1S/C23H27BrClN3O3/c1-15(2)12-22(29)28-10-8-27(9-11-28)20-6-5-17(14-19(20)25)26-23(30)16-4-7-21(31-3)18(24)13-16/h4-7,13-15H,8-12H2,1-3H3,(H,26,30). The summed E-state index contributed by atoms with van der Waals surface area (Å²) in [6.07, 6.45) is 0.583. The number of amides is 2. The van der Waals surface area contributed by atoms with E-state index in [9.17, 15) is 9.59 Å². The second-order valence-electron chi connectivity index (χ2n) is 7.94. The van der Waals surface area contributed by atoms with E-state index in [-0.39, 0.29) is 11.8 Å². The molecule has 1 fully saturated rings. The first-order valence-corrected chi connectivity index (χ1v) is 11.4. The van der Waals surface area contributed by atoms with Gasteiger partial charge < -0.3 is 19.9 Å². The molecule has 6 nitrogen and oxygen atoms in total. The van der Waals surface area contributed by atoms with E-state index < -0.39 is 0 Å². The number of carbonyl (C=O) groups is 2. The Balaban J connectivity index is 1.62. The third kappa shape index (κ3) is 5.92. The number of ether oxygens (including phenoxy) is 1. The molecule has 0 saturated carbocycles. The van der Waals surface area contributed by atoms with Crippen LogP contribution in [0.4, 0.5) is 11.4 Å². The van der Waals surface area contributed by atoms with Crippen molar-refractivity contribution in [1.29, 1.82) is 0 Å². The number of piperazine rings is 1. The highest BCUT2D eigenvalue weighted by molar-refractivity contribution is 9.10. The number of methoxy groups -OCH3 is 1. The lowest BCUT2D eigenvalue weighted by Gasteiger charge is -2.36. The average Bonchev–Trinajstić information content (AvgIpc) is 2.73. The van der Waals surface area contributed by atoms with Crippen molar-refractivity contribution >= 4 is 50.7 Å². The smallest absolute Gasteiger partial charge is 0.255 e. The first-order chi connectivity index (χ1) is 14.8. The van der Waals surface area contributed by atoms with E-state index in [0.29, 0.717) is 51.9 Å². The quantitative estimate of drug-likeness (QED) is 0.593. The number of hydrogen-bond donors (Lipinski definition) is 1. The third-order valence-electron chi connectivity index (χ3n) is 5.18. The Labute approximate surface area is 196 Å². The van der Waals surface area contributed by atoms with Crippen LogP contribution in [0.5, 0.6) is 5.75 Å². The lowest BCUT2D eigenvalue weighted by Crippen LogP contribution is -2.49. The predicted molar refractivity (Wildman–Crippen MR) is 128 cm³/mol. The van der Waals surface area contributed by atoms with Crippen LogP contribution in [-0.2, 0) is 4.79 Å². The van der Waals surface area contributed by atoms with E-state index in [0.717, 1.165) is 18.8 Å². The van der Waals surface area contributed by atoms with E-state index >= 15 is 0 Å². The molecule has 2 amide bonds. The maximum Gasteiger partial charge on any atom is 0.255 e. The molecule has 0 atom stereocenters. The van der Waals surface area contributed by atoms with E-state index in [1.54, 1.807) is 31.4 Å². The fraction of sp³-hybridized carbons (Fsp3) is 0.391. The Morgan fingerprint density at radius 1 is 1.13 bits per heavy atom. The SMILES string of the molecule is COc1ccc(C(=O)Nc2ccc(N3CCN(C(=O)CC(C)C)CC3)c(Cl)c2)cc1Br. The van der Waals surface area contributed by atoms with Gasteiger partial charge in [-0.15, -0.1) is 0 Å². The van der Waals surface area contributed by atoms with Crippen LogP contribution in [0.1, 0.15) is 30.6 Å². The highest BCUT2D eigenvalue weighted by Gasteiger charge is 2.23. The molecule has 1 saturated heterocycles. The van der Waals surface area contributed by atoms with Crippen LogP contribution in [0.2, 0.25) is 5.02 Å². The number of nitrogens with one attached hydrogen (secondary N) is 1. The summed E-state index contributed by atoms with van der Waals surface area (Å²) in [4.78, 5) is 28.9. The van der Waals surface area contributed by atoms with Gasteiger partial charge in [0.1, 0.15) is 5.75 Å². The minimum absolute atomic E-state index is 0.212. The Hall–Kier alpha value is -2.25. The van der Waals surface area contributed by atoms with Crippen LogP contribution in [-0.4, -0.2) is 50.0 Å². The van der Waals surface area contributed by atoms with Gasteiger partial charge in [-0.3, -0.25) is 9.59 Å². The van der Waals surface area contributed by atoms with Crippen molar-refractivity contribution in [3.8, 4) is 5.75 Å². The molecule has 2 aromatic rings. The van der Waals surface area contributed by atoms with Gasteiger partial charge in [0.15, 0.2) is 0 Å². The molecule has 0 aliphatic carbocycles. The summed E-state index contributed by atoms with van der Waals surface area (Å²) in [5, 5.41) is 3.44. The zero-order valence-corrected chi connectivity index (χ0v) is 20.3. The van der Waals surface area contributed by atoms with Crippen LogP contribution < -0.4 is 15.0 Å². The molecule has 0 radical (unpaired) electrons. The maximum atomic E-state index is 12.6. The minimum Gasteiger partial charge on any atom is -0.496 e. The summed E-state index contributed by atoms with van der Waals surface area (Å²) in [5.74, 6) is 1.00. The molecular formula is C23H27BrClN3O3. The molecule has 31 heavy (non-hydrogen) atoms. The monoisotopic (exact) mass is 507 g/mol. The van der Waals surface area contributed by atoms with Crippen molar-refractivity contribution in [2.45, 2.75) is 20.3 Å². The van der Waals surface area contributed by atoms with Crippen LogP contribution in [0.3, 0.4) is 0 Å². The van der Waals surface area contributed by atoms with Gasteiger partial charge >= 0.3 is 0 Å². The van der Waals surface area contributed by atoms with Gasteiger partial charge in [0.05, 0.1) is 22.3 Å². The molecule has 1 heterocycles. The van der Waals surface area contributed by atoms with Gasteiger partial charge in [-0.2, -0.15) is 0 Å². The van der Waals surface area contributed by atoms with Gasteiger partial charge in [0.2, 0.25) is 5.91 Å². The van der Waals surface area contributed by atoms with E-state index in [1.165, 1.54) is 0 Å². The topological polar surface area (TPSA) is 61.9 Å². The van der Waals surface area contributed by atoms with Crippen molar-refractivity contribution in [3.05, 3.63) is 51.5 Å². The fourth-order valence-electron chi connectivity index (χ4n) is 3.53. The Morgan fingerprint density at radius 3 is 2.42 bits per heavy atom. The molecule has 2 aromatic carbocycles. The number of halogens is 2. The molecule has 0 spiro atoms. The molecule has 0 aromatic heterocycles. The van der Waals surface area contributed by atoms with Crippen LogP contribution in [0.15, 0.2) is 40.9 Å². The van der Waals surface area contributed by atoms with E-state index in [4.69, 9.17) is 16.3 Å². The number of rotatable bonds is 6. The fourth-order valence-corrected chi connectivity index (χ4v) is 4.37. The van der Waals surface area contributed by atoms with Crippen molar-refractivity contribution in [3.63, 3.8) is 0 Å². The summed E-state index contributed by atoms with van der Waals surface area (Å²) in [5.41, 5.74) is 2.04. The van der Waals surface area contributed by atoms with Gasteiger partial charge in [-0.25, -0.2) is 0 Å². The van der Waals surface area contributed by atoms with Crippen LogP contribution in [0.25, 0.3) is 0 Å². The highest BCUT2D eigenvalue weighted by atomic mass is 79.9. The second-order valence-corrected chi connectivity index (χ2v) is 9.20. The Kier molecular flexibility index (Phi) is 7.84. The third-order valence-corrected chi connectivity index (χ3v) is 6.10. The normalized spacial score (nSPS) is 14.0. The number of carbonyl (C=O) groups excluding carboxylic acids is 2. The number of anilines is 2. The highest BCUT2D eigenvalue weighted by Crippen LogP contribution is 2.31. The van der Waals surface area contributed by atoms with Crippen LogP contribution in [0, 0.1) is 5.92 Å². The Morgan fingerprint density at radius 2 is 1.84 bits per heavy atom. The maximum absolute atomic E-state index is 12.6. The van der Waals surface area contributed by atoms with Crippen molar-refractivity contribution in [2.24, 2.45) is 5.92 Å². The zero-order chi connectivity index (χ0) is 22.5. The zero-order valence-electron chi connectivity index (χ0n) is 18.0. The van der Waals surface area contributed by atoms with Gasteiger partial charge in [-0.1, -0.05) is 25.4 Å². The van der Waals surface area contributed by atoms with Crippen molar-refractivity contribution in [2.75, 3.05) is 43.5 Å². The van der Waals surface area contributed by atoms with Gasteiger partial charge in [-0.05, 0) is 58.2 Å². The van der Waals surface area contributed by atoms with E-state index in [1.807, 2.05) is 17.0 Å². The first-order valence-electron chi connectivity index (χ1n) is 10.3. The first kappa shape index (κ1) is 23.4. The van der Waals surface area contributed by atoms with Gasteiger partial charge in [0, 0.05) is 43.9 Å². The average molecular weight is 509 g/mol. The van der Waals surface area contributed by atoms with Crippen molar-refractivity contribution in [1.82, 2.24) is 4.90 Å². The van der Waals surface area contributed by atoms with Gasteiger partial charge in [0.25, 0.3) is 5.91 Å². The number of benzene rings is 2. The molecule has 8 heteroatoms. The minimum atomic E-state index is -0.232. The molecule has 3 rings (SSSR count). The summed E-state index contributed by atoms with van der Waals surface area (Å²) < 4.78 is 5.91. The van der Waals surface area contributed by atoms with Crippen LogP contribution >= 0.6 is 27.5 Å². The van der Waals surface area contributed by atoms with Crippen molar-refractivity contribution < 1.29 is 14.3 Å². The second kappa shape index (κ2) is 10.4. The molecule has 0 bridgehead atoms. The summed E-state index contributed by atoms with van der Waals surface area (Å²) in [7, 11) is 1.58. The number of hydrogen-bond acceptors (Lipinski definition) is 4. The molecule has 0 unspecified atom stereocenters. The summed E-state index contributed by atoms with van der Waals surface area (Å²) >= 11 is 9.92. The number of nitrogens with zero attached hydrogens (tertiary/aromatic N) is 2. The summed E-state index contributed by atoms with van der Waals surface area (Å²) in [6.45, 7) is 6.95. The van der Waals surface area contributed by atoms with E-state index in [2.05, 4.69) is 40.0 Å². The lowest BCUT2D eigenvalue weighted by atomic mass is 10.1. The molecule has 1 aliphatic rings. The molecule has 166 valence electrons. The lowest BCUT2D eigenvalue weighted by molar-refractivity contribution is -0.132. The summed E-state index contributed by atoms with van der Waals surface area (Å²) in [6, 6.07) is 10.7. The molecule has 1 aliphatic heterocycles. The predicted octanol–water partition coefficient (Wildman–Crippen LogP) is 5.06.